The lowest BCUT2D eigenvalue weighted by Gasteiger charge is -2.22. The quantitative estimate of drug-likeness (QED) is 0.125. The van der Waals surface area contributed by atoms with Crippen LogP contribution in [0.3, 0.4) is 0 Å². The van der Waals surface area contributed by atoms with Crippen molar-refractivity contribution in [3.05, 3.63) is 76.9 Å². The molecule has 0 spiro atoms. The van der Waals surface area contributed by atoms with Crippen molar-refractivity contribution in [2.75, 3.05) is 29.2 Å². The van der Waals surface area contributed by atoms with Crippen molar-refractivity contribution in [2.24, 2.45) is 0 Å². The maximum absolute atomic E-state index is 13.8. The van der Waals surface area contributed by atoms with Gasteiger partial charge in [0, 0.05) is 42.7 Å². The van der Waals surface area contributed by atoms with Crippen molar-refractivity contribution in [1.82, 2.24) is 10.6 Å². The smallest absolute Gasteiger partial charge is 0.260 e. The molecule has 3 atom stereocenters. The highest BCUT2D eigenvalue weighted by Crippen LogP contribution is 2.40. The molecule has 4 amide bonds. The van der Waals surface area contributed by atoms with Crippen LogP contribution in [0.15, 0.2) is 54.6 Å². The summed E-state index contributed by atoms with van der Waals surface area (Å²) >= 11 is 6.19. The molecular weight excluding hydrogens is 674 g/mol. The molecule has 2 aliphatic heterocycles. The number of carbonyl (C=O) groups excluding carboxylic acids is 5. The number of hydrogen-bond acceptors (Lipinski definition) is 8. The number of benzene rings is 3. The Morgan fingerprint density at radius 2 is 1.67 bits per heavy atom. The van der Waals surface area contributed by atoms with E-state index in [1.54, 1.807) is 38.1 Å². The van der Waals surface area contributed by atoms with Gasteiger partial charge >= 0.3 is 0 Å². The molecule has 3 aromatic rings. The Balaban J connectivity index is 1.20. The zero-order valence-electron chi connectivity index (χ0n) is 29.3. The van der Waals surface area contributed by atoms with E-state index in [1.807, 2.05) is 29.2 Å². The lowest BCUT2D eigenvalue weighted by atomic mass is 10.1. The molecule has 0 saturated heterocycles. The Hall–Kier alpha value is -5.10. The van der Waals surface area contributed by atoms with Gasteiger partial charge in [-0.2, -0.15) is 0 Å². The van der Waals surface area contributed by atoms with E-state index in [4.69, 9.17) is 21.1 Å². The fourth-order valence-corrected chi connectivity index (χ4v) is 6.42. The second-order valence-electron chi connectivity index (χ2n) is 13.0. The number of carbonyl (C=O) groups is 5. The predicted molar refractivity (Wildman–Crippen MR) is 196 cm³/mol. The van der Waals surface area contributed by atoms with Crippen LogP contribution in [0.2, 0.25) is 0 Å². The highest BCUT2D eigenvalue weighted by atomic mass is 35.5. The van der Waals surface area contributed by atoms with E-state index in [0.29, 0.717) is 54.2 Å². The highest BCUT2D eigenvalue weighted by Gasteiger charge is 2.37. The van der Waals surface area contributed by atoms with Gasteiger partial charge in [-0.05, 0) is 81.0 Å². The van der Waals surface area contributed by atoms with Gasteiger partial charge in [-0.3, -0.25) is 19.2 Å². The number of para-hydroxylation sites is 1. The van der Waals surface area contributed by atoms with Crippen LogP contribution in [-0.2, 0) is 38.1 Å². The second-order valence-corrected chi connectivity index (χ2v) is 13.2. The minimum atomic E-state index is -0.907. The summed E-state index contributed by atoms with van der Waals surface area (Å²) in [5.41, 5.74) is 5.14. The van der Waals surface area contributed by atoms with E-state index >= 15 is 0 Å². The number of alkyl halides is 1. The molecule has 2 aliphatic rings. The summed E-state index contributed by atoms with van der Waals surface area (Å²) in [4.78, 5) is 64.7. The Bertz CT molecular complexity index is 1820. The van der Waals surface area contributed by atoms with E-state index in [0.717, 1.165) is 28.8 Å². The van der Waals surface area contributed by atoms with Crippen LogP contribution in [0.5, 0.6) is 11.5 Å². The summed E-state index contributed by atoms with van der Waals surface area (Å²) in [5, 5.41) is 11.5. The van der Waals surface area contributed by atoms with Crippen LogP contribution >= 0.6 is 11.6 Å². The molecule has 12 nitrogen and oxygen atoms in total. The van der Waals surface area contributed by atoms with Crippen LogP contribution < -0.4 is 35.6 Å². The van der Waals surface area contributed by atoms with Crippen LogP contribution in [0.25, 0.3) is 0 Å². The molecule has 4 N–H and O–H groups in total. The zero-order valence-corrected chi connectivity index (χ0v) is 30.0. The SMILES string of the molecule is COc1cc2c(cc1OCc1cc(CCl)cc(NC(=O)C(C)NC(=O)C(C)NC(=O)CCCCC(C)=O)c1)NC[C@@H]1Cc3ccccc3N1C2=O. The lowest BCUT2D eigenvalue weighted by Crippen LogP contribution is -2.50. The Kier molecular flexibility index (Phi) is 12.2. The Morgan fingerprint density at radius 3 is 2.41 bits per heavy atom. The van der Waals surface area contributed by atoms with Gasteiger partial charge in [0.05, 0.1) is 24.4 Å². The van der Waals surface area contributed by atoms with Gasteiger partial charge in [0.2, 0.25) is 17.7 Å². The number of nitrogens with one attached hydrogen (secondary N) is 4. The van der Waals surface area contributed by atoms with E-state index in [1.165, 1.54) is 14.0 Å². The molecule has 0 aliphatic carbocycles. The number of halogens is 1. The monoisotopic (exact) mass is 717 g/mol. The molecular formula is C38H44ClN5O7. The fourth-order valence-electron chi connectivity index (χ4n) is 6.26. The topological polar surface area (TPSA) is 155 Å². The van der Waals surface area contributed by atoms with Gasteiger partial charge in [0.25, 0.3) is 5.91 Å². The molecule has 0 aromatic heterocycles. The van der Waals surface area contributed by atoms with Gasteiger partial charge in [0.1, 0.15) is 24.5 Å². The molecule has 2 unspecified atom stereocenters. The van der Waals surface area contributed by atoms with Gasteiger partial charge in [-0.25, -0.2) is 0 Å². The molecule has 51 heavy (non-hydrogen) atoms. The van der Waals surface area contributed by atoms with Crippen molar-refractivity contribution in [2.45, 2.75) is 83.5 Å². The summed E-state index contributed by atoms with van der Waals surface area (Å²) in [7, 11) is 1.52. The number of methoxy groups -OCH3 is 1. The van der Waals surface area contributed by atoms with Gasteiger partial charge < -0.3 is 40.4 Å². The first-order valence-electron chi connectivity index (χ1n) is 17.1. The minimum absolute atomic E-state index is 0.00936. The number of ether oxygens (including phenoxy) is 2. The Morgan fingerprint density at radius 1 is 0.941 bits per heavy atom. The lowest BCUT2D eigenvalue weighted by molar-refractivity contribution is -0.130. The van der Waals surface area contributed by atoms with Gasteiger partial charge in [-0.1, -0.05) is 24.3 Å². The van der Waals surface area contributed by atoms with E-state index < -0.39 is 23.9 Å². The predicted octanol–water partition coefficient (Wildman–Crippen LogP) is 5.11. The van der Waals surface area contributed by atoms with Crippen LogP contribution in [0, 0.1) is 0 Å². The maximum Gasteiger partial charge on any atom is 0.260 e. The fraction of sp³-hybridized carbons (Fsp3) is 0.395. The third-order valence-corrected chi connectivity index (χ3v) is 9.24. The summed E-state index contributed by atoms with van der Waals surface area (Å²) in [6.45, 7) is 5.28. The molecule has 5 rings (SSSR count). The minimum Gasteiger partial charge on any atom is -0.493 e. The molecule has 13 heteroatoms. The second kappa shape index (κ2) is 16.7. The number of hydrogen-bond donors (Lipinski definition) is 4. The number of rotatable bonds is 15. The van der Waals surface area contributed by atoms with Gasteiger partial charge in [0.15, 0.2) is 11.5 Å². The first kappa shape index (κ1) is 37.2. The number of Topliss-reactive ketones (excluding diaryl/α,β-unsaturated/α-hetero) is 1. The average molecular weight is 718 g/mol. The number of amides is 4. The highest BCUT2D eigenvalue weighted by molar-refractivity contribution is 6.17. The third-order valence-electron chi connectivity index (χ3n) is 8.93. The van der Waals surface area contributed by atoms with Crippen molar-refractivity contribution >= 4 is 58.1 Å². The Labute approximate surface area is 302 Å². The van der Waals surface area contributed by atoms with Crippen molar-refractivity contribution in [3.63, 3.8) is 0 Å². The largest absolute Gasteiger partial charge is 0.493 e. The zero-order chi connectivity index (χ0) is 36.7. The van der Waals surface area contributed by atoms with E-state index in [2.05, 4.69) is 27.3 Å². The first-order valence-corrected chi connectivity index (χ1v) is 17.6. The summed E-state index contributed by atoms with van der Waals surface area (Å²) in [6, 6.07) is 15.0. The number of ketones is 1. The summed E-state index contributed by atoms with van der Waals surface area (Å²) in [5.74, 6) is -0.276. The first-order chi connectivity index (χ1) is 24.5. The maximum atomic E-state index is 13.8. The standard InChI is InChI=1S/C38H44ClN5O7/c1-22(45)9-5-8-12-35(46)41-23(2)36(47)42-24(3)37(48)43-28-14-25(19-39)13-26(15-28)21-51-34-18-31-30(17-33(34)50-4)38(49)44-29(20-40-31)16-27-10-6-7-11-32(27)44/h6-7,10-11,13-15,17-18,23-24,29,40H,5,8-9,12,16,19-21H2,1-4H3,(H,41,46)(H,42,47)(H,43,48)/t23?,24?,29-/m0/s1. The molecule has 0 radical (unpaired) electrons. The third kappa shape index (κ3) is 9.18. The molecule has 2 heterocycles. The normalized spacial score (nSPS) is 15.6. The molecule has 0 fully saturated rings. The molecule has 3 aromatic carbocycles. The summed E-state index contributed by atoms with van der Waals surface area (Å²) < 4.78 is 11.9. The molecule has 0 saturated carbocycles. The van der Waals surface area contributed by atoms with E-state index in [-0.39, 0.29) is 42.5 Å². The van der Waals surface area contributed by atoms with E-state index in [9.17, 15) is 24.0 Å². The van der Waals surface area contributed by atoms with Crippen LogP contribution in [0.4, 0.5) is 17.1 Å². The molecule has 0 bridgehead atoms. The van der Waals surface area contributed by atoms with Crippen molar-refractivity contribution in [3.8, 4) is 11.5 Å². The average Bonchev–Trinajstić information content (AvgIpc) is 3.43. The molecule has 270 valence electrons. The van der Waals surface area contributed by atoms with Gasteiger partial charge in [-0.15, -0.1) is 11.6 Å². The van der Waals surface area contributed by atoms with Crippen molar-refractivity contribution in [1.29, 1.82) is 0 Å². The number of fused-ring (bicyclic) bond motifs is 4. The van der Waals surface area contributed by atoms with Crippen molar-refractivity contribution < 1.29 is 33.4 Å². The number of unbranched alkanes of at least 4 members (excludes halogenated alkanes) is 1. The number of anilines is 3. The number of nitrogens with zero attached hydrogens (tertiary/aromatic N) is 1. The van der Waals surface area contributed by atoms with Crippen LogP contribution in [0.1, 0.15) is 73.5 Å². The summed E-state index contributed by atoms with van der Waals surface area (Å²) in [6.07, 6.45) is 2.54. The van der Waals surface area contributed by atoms with Crippen LogP contribution in [-0.4, -0.2) is 61.2 Å².